The zero-order valence-electron chi connectivity index (χ0n) is 19.9. The van der Waals surface area contributed by atoms with Gasteiger partial charge in [-0.05, 0) is 81.8 Å². The number of hydrogen-bond acceptors (Lipinski definition) is 4. The lowest BCUT2D eigenvalue weighted by Gasteiger charge is -2.33. The number of carbonyl (C=O) groups is 2. The average Bonchev–Trinajstić information content (AvgIpc) is 2.85. The van der Waals surface area contributed by atoms with Crippen molar-refractivity contribution in [3.63, 3.8) is 0 Å². The van der Waals surface area contributed by atoms with E-state index < -0.39 is 15.9 Å². The van der Waals surface area contributed by atoms with Gasteiger partial charge in [0.25, 0.3) is 11.8 Å². The summed E-state index contributed by atoms with van der Waals surface area (Å²) in [6.07, 6.45) is 5.84. The normalized spacial score (nSPS) is 19.6. The van der Waals surface area contributed by atoms with Gasteiger partial charge in [-0.3, -0.25) is 9.59 Å². The van der Waals surface area contributed by atoms with Crippen molar-refractivity contribution < 1.29 is 18.0 Å². The van der Waals surface area contributed by atoms with Crippen molar-refractivity contribution in [1.82, 2.24) is 9.21 Å². The molecule has 1 N–H and O–H groups in total. The molecule has 7 nitrogen and oxygen atoms in total. The standard InChI is InChI=1S/C26H33N3O4S/c1-19-18-21(26(31)29-17-9-6-10-20(29)2)13-14-23(19)27-25(30)22-11-4-5-12-24(22)34(32,33)28-15-7-3-8-16-28/h4-5,11-14,18,20H,3,6-10,15-17H2,1-2H3,(H,27,30). The summed E-state index contributed by atoms with van der Waals surface area (Å²) in [5.74, 6) is -0.478. The van der Waals surface area contributed by atoms with E-state index in [4.69, 9.17) is 0 Å². The fourth-order valence-corrected chi connectivity index (χ4v) is 6.52. The molecule has 8 heteroatoms. The molecular weight excluding hydrogens is 450 g/mol. The van der Waals surface area contributed by atoms with Crippen LogP contribution in [0.1, 0.15) is 71.7 Å². The largest absolute Gasteiger partial charge is 0.336 e. The molecule has 34 heavy (non-hydrogen) atoms. The Morgan fingerprint density at radius 2 is 1.65 bits per heavy atom. The highest BCUT2D eigenvalue weighted by Gasteiger charge is 2.30. The first-order valence-electron chi connectivity index (χ1n) is 12.1. The summed E-state index contributed by atoms with van der Waals surface area (Å²) in [5.41, 5.74) is 2.02. The smallest absolute Gasteiger partial charge is 0.257 e. The van der Waals surface area contributed by atoms with Crippen molar-refractivity contribution in [2.24, 2.45) is 0 Å². The number of amides is 2. The van der Waals surface area contributed by atoms with Gasteiger partial charge in [0.1, 0.15) is 0 Å². The van der Waals surface area contributed by atoms with Crippen molar-refractivity contribution >= 4 is 27.5 Å². The maximum Gasteiger partial charge on any atom is 0.257 e. The molecule has 0 radical (unpaired) electrons. The number of nitrogens with zero attached hydrogens (tertiary/aromatic N) is 2. The average molecular weight is 484 g/mol. The van der Waals surface area contributed by atoms with Crippen molar-refractivity contribution in [1.29, 1.82) is 0 Å². The minimum absolute atomic E-state index is 0.00569. The molecular formula is C26H33N3O4S. The van der Waals surface area contributed by atoms with Crippen LogP contribution in [0.15, 0.2) is 47.4 Å². The second kappa shape index (κ2) is 10.3. The summed E-state index contributed by atoms with van der Waals surface area (Å²) in [4.78, 5) is 28.1. The van der Waals surface area contributed by atoms with Crippen LogP contribution >= 0.6 is 0 Å². The maximum absolute atomic E-state index is 13.2. The number of rotatable bonds is 5. The lowest BCUT2D eigenvalue weighted by Crippen LogP contribution is -2.42. The molecule has 2 aliphatic heterocycles. The maximum atomic E-state index is 13.2. The van der Waals surface area contributed by atoms with E-state index in [1.54, 1.807) is 30.3 Å². The first-order chi connectivity index (χ1) is 16.3. The lowest BCUT2D eigenvalue weighted by atomic mass is 10.0. The van der Waals surface area contributed by atoms with Crippen LogP contribution in [-0.2, 0) is 10.0 Å². The van der Waals surface area contributed by atoms with E-state index >= 15 is 0 Å². The SMILES string of the molecule is Cc1cc(C(=O)N2CCCCC2C)ccc1NC(=O)c1ccccc1S(=O)(=O)N1CCCCC1. The molecule has 2 fully saturated rings. The highest BCUT2D eigenvalue weighted by Crippen LogP contribution is 2.26. The van der Waals surface area contributed by atoms with Crippen molar-refractivity contribution in [3.8, 4) is 0 Å². The number of anilines is 1. The molecule has 0 aromatic heterocycles. The first kappa shape index (κ1) is 24.4. The molecule has 0 aliphatic carbocycles. The fourth-order valence-electron chi connectivity index (χ4n) is 4.82. The second-order valence-corrected chi connectivity index (χ2v) is 11.2. The zero-order chi connectivity index (χ0) is 24.3. The van der Waals surface area contributed by atoms with Crippen molar-refractivity contribution in [2.45, 2.75) is 63.3 Å². The molecule has 0 bridgehead atoms. The summed E-state index contributed by atoms with van der Waals surface area (Å²) in [6.45, 7) is 5.63. The quantitative estimate of drug-likeness (QED) is 0.681. The van der Waals surface area contributed by atoms with Gasteiger partial charge in [0.2, 0.25) is 10.0 Å². The molecule has 2 aromatic carbocycles. The lowest BCUT2D eigenvalue weighted by molar-refractivity contribution is 0.0635. The van der Waals surface area contributed by atoms with E-state index in [2.05, 4.69) is 12.2 Å². The van der Waals surface area contributed by atoms with Gasteiger partial charge in [-0.2, -0.15) is 4.31 Å². The summed E-state index contributed by atoms with van der Waals surface area (Å²) in [7, 11) is -3.75. The van der Waals surface area contributed by atoms with Crippen LogP contribution in [0.3, 0.4) is 0 Å². The summed E-state index contributed by atoms with van der Waals surface area (Å²) in [5, 5.41) is 2.85. The van der Waals surface area contributed by atoms with Crippen LogP contribution in [0.2, 0.25) is 0 Å². The van der Waals surface area contributed by atoms with E-state index in [9.17, 15) is 18.0 Å². The van der Waals surface area contributed by atoms with Gasteiger partial charge in [-0.1, -0.05) is 18.6 Å². The fraction of sp³-hybridized carbons (Fsp3) is 0.462. The number of benzene rings is 2. The molecule has 2 heterocycles. The Bertz CT molecular complexity index is 1170. The molecule has 1 atom stereocenters. The van der Waals surface area contributed by atoms with E-state index in [1.165, 1.54) is 16.4 Å². The number of nitrogens with one attached hydrogen (secondary N) is 1. The van der Waals surface area contributed by atoms with Crippen LogP contribution in [0.4, 0.5) is 5.69 Å². The van der Waals surface area contributed by atoms with Crippen LogP contribution in [0, 0.1) is 6.92 Å². The number of hydrogen-bond donors (Lipinski definition) is 1. The Hall–Kier alpha value is -2.71. The van der Waals surface area contributed by atoms with E-state index in [0.717, 1.165) is 50.6 Å². The van der Waals surface area contributed by atoms with E-state index in [0.29, 0.717) is 24.3 Å². The number of carbonyl (C=O) groups excluding carboxylic acids is 2. The Labute approximate surface area is 202 Å². The molecule has 0 saturated carbocycles. The van der Waals surface area contributed by atoms with Crippen LogP contribution < -0.4 is 5.32 Å². The van der Waals surface area contributed by atoms with Gasteiger partial charge < -0.3 is 10.2 Å². The van der Waals surface area contributed by atoms with Crippen LogP contribution in [0.5, 0.6) is 0 Å². The highest BCUT2D eigenvalue weighted by molar-refractivity contribution is 7.89. The zero-order valence-corrected chi connectivity index (χ0v) is 20.7. The van der Waals surface area contributed by atoms with Gasteiger partial charge in [0, 0.05) is 36.9 Å². The Balaban J connectivity index is 1.54. The first-order valence-corrected chi connectivity index (χ1v) is 13.5. The topological polar surface area (TPSA) is 86.8 Å². The van der Waals surface area contributed by atoms with Crippen molar-refractivity contribution in [3.05, 3.63) is 59.2 Å². The van der Waals surface area contributed by atoms with Crippen LogP contribution in [0.25, 0.3) is 0 Å². The molecule has 4 rings (SSSR count). The minimum Gasteiger partial charge on any atom is -0.336 e. The molecule has 1 unspecified atom stereocenters. The van der Waals surface area contributed by atoms with Crippen LogP contribution in [-0.4, -0.2) is 55.1 Å². The van der Waals surface area contributed by atoms with Gasteiger partial charge in [-0.25, -0.2) is 8.42 Å². The second-order valence-electron chi connectivity index (χ2n) is 9.29. The molecule has 2 aliphatic rings. The van der Waals surface area contributed by atoms with Gasteiger partial charge in [0.15, 0.2) is 0 Å². The third-order valence-corrected chi connectivity index (χ3v) is 8.81. The number of sulfonamides is 1. The van der Waals surface area contributed by atoms with Gasteiger partial charge >= 0.3 is 0 Å². The van der Waals surface area contributed by atoms with E-state index in [1.807, 2.05) is 11.8 Å². The van der Waals surface area contributed by atoms with Crippen molar-refractivity contribution in [2.75, 3.05) is 25.0 Å². The van der Waals surface area contributed by atoms with E-state index in [-0.39, 0.29) is 22.4 Å². The molecule has 2 saturated heterocycles. The number of likely N-dealkylation sites (tertiary alicyclic amines) is 1. The Kier molecular flexibility index (Phi) is 7.38. The number of piperidine rings is 2. The molecule has 2 amide bonds. The number of aryl methyl sites for hydroxylation is 1. The monoisotopic (exact) mass is 483 g/mol. The molecule has 0 spiro atoms. The Morgan fingerprint density at radius 3 is 2.35 bits per heavy atom. The van der Waals surface area contributed by atoms with Gasteiger partial charge in [-0.15, -0.1) is 0 Å². The molecule has 182 valence electrons. The Morgan fingerprint density at radius 1 is 0.941 bits per heavy atom. The van der Waals surface area contributed by atoms with Gasteiger partial charge in [0.05, 0.1) is 10.5 Å². The minimum atomic E-state index is -3.75. The summed E-state index contributed by atoms with van der Waals surface area (Å²) >= 11 is 0. The third-order valence-electron chi connectivity index (χ3n) is 6.85. The predicted octanol–water partition coefficient (Wildman–Crippen LogP) is 4.44. The molecule has 2 aromatic rings. The predicted molar refractivity (Wildman–Crippen MR) is 133 cm³/mol. The highest BCUT2D eigenvalue weighted by atomic mass is 32.2. The summed E-state index contributed by atoms with van der Waals surface area (Å²) < 4.78 is 27.9. The summed E-state index contributed by atoms with van der Waals surface area (Å²) in [6, 6.07) is 11.8. The third kappa shape index (κ3) is 5.03.